The van der Waals surface area contributed by atoms with Gasteiger partial charge in [-0.15, -0.1) is 0 Å². The molecule has 0 saturated carbocycles. The molecule has 8 heavy (non-hydrogen) atoms. The Labute approximate surface area is 58.1 Å². The second-order valence-electron chi connectivity index (χ2n) is 1.53. The maximum atomic E-state index is 11.1. The molecule has 1 heteroatoms. The zero-order chi connectivity index (χ0) is 10.9. The van der Waals surface area contributed by atoms with Crippen LogP contribution >= 0.6 is 0 Å². The number of hydrogen-bond donors (Lipinski definition) is 0. The van der Waals surface area contributed by atoms with E-state index in [1.54, 1.807) is 0 Å². The summed E-state index contributed by atoms with van der Waals surface area (Å²) in [5, 5.41) is 0. The van der Waals surface area contributed by atoms with E-state index >= 15 is 0 Å². The summed E-state index contributed by atoms with van der Waals surface area (Å²) in [5.41, 5.74) is 0. The maximum Gasteiger partial charge on any atom is 0.132 e. The van der Waals surface area contributed by atoms with E-state index in [4.69, 9.17) is 6.85 Å². The normalized spacial score (nSPS) is 28.6. The zero-order valence-electron chi connectivity index (χ0n) is 10.2. The average molecular weight is 119 g/mol. The molecule has 0 aliphatic carbocycles. The largest absolute Gasteiger partial charge is 0.300 e. The average Bonchev–Trinajstić information content (AvgIpc) is 2.01. The molecule has 1 atom stereocenters. The van der Waals surface area contributed by atoms with Gasteiger partial charge in [0, 0.05) is 12.7 Å². The van der Waals surface area contributed by atoms with E-state index < -0.39 is 24.9 Å². The van der Waals surface area contributed by atoms with E-state index in [2.05, 4.69) is 0 Å². The lowest BCUT2D eigenvalue weighted by Crippen LogP contribution is -2.07. The fraction of sp³-hybridized carbons (Fsp3) is 0.857. The molecule has 0 spiro atoms. The van der Waals surface area contributed by atoms with Crippen molar-refractivity contribution in [2.75, 3.05) is 0 Å². The minimum Gasteiger partial charge on any atom is -0.300 e. The molecular weight excluding hydrogens is 100 g/mol. The Morgan fingerprint density at radius 1 is 2.12 bits per heavy atom. The minimum atomic E-state index is -2.42. The monoisotopic (exact) mass is 119 g/mol. The van der Waals surface area contributed by atoms with Crippen LogP contribution in [0.4, 0.5) is 0 Å². The summed E-state index contributed by atoms with van der Waals surface area (Å²) in [6.07, 6.45) is -2.45. The van der Waals surface area contributed by atoms with Crippen molar-refractivity contribution in [3.8, 4) is 0 Å². The SMILES string of the molecule is [2H]C([2H])C([2H])([2H])C([2H])(CC)C(C)=O. The predicted octanol–water partition coefficient (Wildman–Crippen LogP) is 2.01. The van der Waals surface area contributed by atoms with Gasteiger partial charge in [0.25, 0.3) is 0 Å². The fourth-order valence-electron chi connectivity index (χ4n) is 0.453. The summed E-state index contributed by atoms with van der Waals surface area (Å²) in [7, 11) is 0. The van der Waals surface area contributed by atoms with Gasteiger partial charge in [-0.25, -0.2) is 0 Å². The molecule has 0 aliphatic rings. The highest BCUT2D eigenvalue weighted by molar-refractivity contribution is 5.78. The molecule has 0 radical (unpaired) electrons. The van der Waals surface area contributed by atoms with Crippen LogP contribution in [0.1, 0.15) is 40.4 Å². The summed E-state index contributed by atoms with van der Waals surface area (Å²) in [5.74, 6) is -2.61. The molecule has 0 aromatic heterocycles. The molecular formula is C7H14O. The van der Waals surface area contributed by atoms with Crippen LogP contribution < -0.4 is 0 Å². The summed E-state index contributed by atoms with van der Waals surface area (Å²) < 4.78 is 36.2. The molecule has 0 aromatic carbocycles. The Hall–Kier alpha value is -0.330. The fourth-order valence-corrected chi connectivity index (χ4v) is 0.453. The summed E-state index contributed by atoms with van der Waals surface area (Å²) in [6, 6.07) is 0. The molecule has 48 valence electrons. The first-order chi connectivity index (χ1) is 5.70. The number of carbonyl (C=O) groups excluding carboxylic acids is 1. The predicted molar refractivity (Wildman–Crippen MR) is 34.8 cm³/mol. The van der Waals surface area contributed by atoms with Crippen molar-refractivity contribution in [2.24, 2.45) is 5.89 Å². The Kier molecular flexibility index (Phi) is 1.14. The molecule has 0 aliphatic heterocycles. The number of rotatable bonds is 3. The molecule has 0 N–H and O–H groups in total. The van der Waals surface area contributed by atoms with Crippen molar-refractivity contribution in [1.82, 2.24) is 0 Å². The molecule has 0 saturated heterocycles. The van der Waals surface area contributed by atoms with Gasteiger partial charge < -0.3 is 0 Å². The van der Waals surface area contributed by atoms with Gasteiger partial charge in [-0.2, -0.15) is 0 Å². The smallest absolute Gasteiger partial charge is 0.132 e. The van der Waals surface area contributed by atoms with Crippen LogP contribution in [0.2, 0.25) is 0 Å². The van der Waals surface area contributed by atoms with Crippen LogP contribution in [0.3, 0.4) is 0 Å². The number of ketones is 1. The first kappa shape index (κ1) is 2.51. The highest BCUT2D eigenvalue weighted by atomic mass is 16.1. The van der Waals surface area contributed by atoms with Crippen molar-refractivity contribution in [1.29, 1.82) is 0 Å². The lowest BCUT2D eigenvalue weighted by atomic mass is 10.00. The Bertz CT molecular complexity index is 203. The van der Waals surface area contributed by atoms with Crippen LogP contribution in [-0.4, -0.2) is 5.78 Å². The highest BCUT2D eigenvalue weighted by Gasteiger charge is 2.06. The Morgan fingerprint density at radius 3 is 2.88 bits per heavy atom. The van der Waals surface area contributed by atoms with E-state index in [0.717, 1.165) is 6.92 Å². The molecule has 0 fully saturated rings. The lowest BCUT2D eigenvalue weighted by Gasteiger charge is -2.04. The van der Waals surface area contributed by atoms with Crippen molar-refractivity contribution in [2.45, 2.75) is 33.5 Å². The van der Waals surface area contributed by atoms with Gasteiger partial charge >= 0.3 is 0 Å². The third kappa shape index (κ3) is 2.10. The lowest BCUT2D eigenvalue weighted by molar-refractivity contribution is -0.120. The number of carbonyl (C=O) groups is 1. The molecule has 0 rings (SSSR count). The second-order valence-corrected chi connectivity index (χ2v) is 1.53. The van der Waals surface area contributed by atoms with Gasteiger partial charge in [0.15, 0.2) is 0 Å². The van der Waals surface area contributed by atoms with E-state index in [1.807, 2.05) is 0 Å². The van der Waals surface area contributed by atoms with E-state index in [0.29, 0.717) is 0 Å². The summed E-state index contributed by atoms with van der Waals surface area (Å²) in [6.45, 7) is 0.805. The first-order valence-corrected chi connectivity index (χ1v) is 2.55. The molecule has 1 nitrogen and oxygen atoms in total. The molecule has 1 unspecified atom stereocenters. The molecule has 0 amide bonds. The standard InChI is InChI=1S/C7H14O/c1-4-7(5-2)6(3)8/h7H,4-5H2,1-3H3/i1D2,4D2,7D. The quantitative estimate of drug-likeness (QED) is 0.555. The van der Waals surface area contributed by atoms with Gasteiger partial charge in [0.2, 0.25) is 0 Å². The van der Waals surface area contributed by atoms with Gasteiger partial charge in [-0.1, -0.05) is 13.8 Å². The van der Waals surface area contributed by atoms with Crippen molar-refractivity contribution < 1.29 is 11.6 Å². The van der Waals surface area contributed by atoms with Crippen LogP contribution in [-0.2, 0) is 4.79 Å². The Balaban J connectivity index is 5.07. The van der Waals surface area contributed by atoms with Gasteiger partial charge in [-0.3, -0.25) is 4.79 Å². The first-order valence-electron chi connectivity index (χ1n) is 5.21. The topological polar surface area (TPSA) is 17.1 Å². The Morgan fingerprint density at radius 2 is 2.75 bits per heavy atom. The van der Waals surface area contributed by atoms with Crippen molar-refractivity contribution >= 4 is 5.78 Å². The third-order valence-electron chi connectivity index (χ3n) is 0.953. The van der Waals surface area contributed by atoms with E-state index in [-0.39, 0.29) is 6.42 Å². The zero-order valence-corrected chi connectivity index (χ0v) is 5.19. The second kappa shape index (κ2) is 3.65. The van der Waals surface area contributed by atoms with Crippen LogP contribution in [0.25, 0.3) is 0 Å². The summed E-state index contributed by atoms with van der Waals surface area (Å²) >= 11 is 0. The van der Waals surface area contributed by atoms with Gasteiger partial charge in [-0.05, 0) is 19.7 Å². The van der Waals surface area contributed by atoms with Gasteiger partial charge in [0.05, 0.1) is 0 Å². The number of Topliss-reactive ketones (excluding diaryl/α,β-unsaturated/α-hetero) is 1. The molecule has 0 aromatic rings. The van der Waals surface area contributed by atoms with Crippen molar-refractivity contribution in [3.05, 3.63) is 0 Å². The van der Waals surface area contributed by atoms with Crippen LogP contribution in [0, 0.1) is 5.89 Å². The van der Waals surface area contributed by atoms with Crippen LogP contribution in [0.5, 0.6) is 0 Å². The van der Waals surface area contributed by atoms with E-state index in [9.17, 15) is 4.79 Å². The third-order valence-corrected chi connectivity index (χ3v) is 0.953. The summed E-state index contributed by atoms with van der Waals surface area (Å²) in [4.78, 5) is 11.1. The molecule has 0 bridgehead atoms. The molecule has 0 heterocycles. The highest BCUT2D eigenvalue weighted by Crippen LogP contribution is 2.06. The number of hydrogen-bond acceptors (Lipinski definition) is 1. The van der Waals surface area contributed by atoms with Gasteiger partial charge in [0.1, 0.15) is 5.78 Å². The maximum absolute atomic E-state index is 11.1. The van der Waals surface area contributed by atoms with E-state index in [1.165, 1.54) is 6.92 Å². The minimum absolute atomic E-state index is 0.0242. The van der Waals surface area contributed by atoms with Crippen LogP contribution in [0.15, 0.2) is 0 Å². The van der Waals surface area contributed by atoms with Crippen molar-refractivity contribution in [3.63, 3.8) is 0 Å².